The highest BCUT2D eigenvalue weighted by Gasteiger charge is 2.24. The number of Topliss-reactive ketones (excluding diaryl/α,β-unsaturated/α-hetero) is 1. The lowest BCUT2D eigenvalue weighted by molar-refractivity contribution is -0.117. The average Bonchev–Trinajstić information content (AvgIpc) is 2.72. The molecule has 0 aliphatic rings. The van der Waals surface area contributed by atoms with Crippen LogP contribution in [-0.4, -0.2) is 83.4 Å². The molecule has 0 radical (unpaired) electrons. The van der Waals surface area contributed by atoms with Gasteiger partial charge in [-0.15, -0.1) is 0 Å². The zero-order valence-corrected chi connectivity index (χ0v) is 26.2. The Balaban J connectivity index is 4.93. The van der Waals surface area contributed by atoms with Crippen molar-refractivity contribution in [3.8, 4) is 0 Å². The number of nitrogens with zero attached hydrogens (tertiary/aromatic N) is 2. The number of unbranched alkanes of at least 4 members (excludes halogenated alkanes) is 3. The van der Waals surface area contributed by atoms with Crippen molar-refractivity contribution in [2.75, 3.05) is 32.7 Å². The minimum absolute atomic E-state index is 0.175. The van der Waals surface area contributed by atoms with Crippen LogP contribution in [0.3, 0.4) is 0 Å². The van der Waals surface area contributed by atoms with Gasteiger partial charge in [0.2, 0.25) is 0 Å². The predicted octanol–water partition coefficient (Wildman–Crippen LogP) is 6.31. The van der Waals surface area contributed by atoms with E-state index >= 15 is 0 Å². The Morgan fingerprint density at radius 1 is 0.564 bits per heavy atom. The average molecular weight is 558 g/mol. The molecular formula is C29H55N3O7. The van der Waals surface area contributed by atoms with Crippen molar-refractivity contribution < 1.29 is 33.4 Å². The molecule has 0 atom stereocenters. The zero-order valence-electron chi connectivity index (χ0n) is 26.2. The molecule has 0 aliphatic heterocycles. The molecule has 0 spiro atoms. The second-order valence-electron chi connectivity index (χ2n) is 12.9. The maximum absolute atomic E-state index is 12.8. The Bertz CT molecular complexity index is 764. The third-order valence-corrected chi connectivity index (χ3v) is 5.14. The van der Waals surface area contributed by atoms with Crippen LogP contribution in [0.15, 0.2) is 0 Å². The number of carbonyl (C=O) groups is 4. The van der Waals surface area contributed by atoms with Gasteiger partial charge in [0.05, 0.1) is 0 Å². The molecule has 0 aromatic rings. The summed E-state index contributed by atoms with van der Waals surface area (Å²) < 4.78 is 16.4. The fraction of sp³-hybridized carbons (Fsp3) is 0.862. The van der Waals surface area contributed by atoms with E-state index in [0.717, 1.165) is 19.3 Å². The standard InChI is InChI=1S/C29H55N3O7/c1-23(33)17-12-11-13-19-31(25(35)38-28(5,6)7)20-14-15-21-32(26(36)39-29(8,9)10)22-16-18-30-24(34)37-27(2,3)4/h11-22H2,1-10H3,(H,30,34). The molecule has 0 unspecified atom stereocenters. The summed E-state index contributed by atoms with van der Waals surface area (Å²) in [4.78, 5) is 52.0. The van der Waals surface area contributed by atoms with Crippen molar-refractivity contribution in [1.29, 1.82) is 0 Å². The van der Waals surface area contributed by atoms with Crippen molar-refractivity contribution >= 4 is 24.1 Å². The van der Waals surface area contributed by atoms with Gasteiger partial charge in [-0.25, -0.2) is 14.4 Å². The molecule has 0 aromatic heterocycles. The normalized spacial score (nSPS) is 11.9. The largest absolute Gasteiger partial charge is 0.444 e. The number of rotatable bonds is 15. The van der Waals surface area contributed by atoms with Gasteiger partial charge in [0.1, 0.15) is 22.6 Å². The molecule has 0 bridgehead atoms. The number of amides is 3. The molecule has 0 saturated carbocycles. The Kier molecular flexibility index (Phi) is 16.1. The fourth-order valence-corrected chi connectivity index (χ4v) is 3.47. The summed E-state index contributed by atoms with van der Waals surface area (Å²) in [6.45, 7) is 20.3. The first kappa shape index (κ1) is 36.5. The fourth-order valence-electron chi connectivity index (χ4n) is 3.47. The van der Waals surface area contributed by atoms with E-state index in [2.05, 4.69) is 5.32 Å². The van der Waals surface area contributed by atoms with Crippen molar-refractivity contribution in [2.24, 2.45) is 0 Å². The van der Waals surface area contributed by atoms with Crippen LogP contribution in [0.1, 0.15) is 114 Å². The summed E-state index contributed by atoms with van der Waals surface area (Å²) in [5.41, 5.74) is -1.79. The van der Waals surface area contributed by atoms with Gasteiger partial charge in [-0.05, 0) is 101 Å². The first-order chi connectivity index (χ1) is 17.8. The topological polar surface area (TPSA) is 114 Å². The van der Waals surface area contributed by atoms with Crippen LogP contribution in [0.4, 0.5) is 14.4 Å². The lowest BCUT2D eigenvalue weighted by atomic mass is 10.1. The minimum Gasteiger partial charge on any atom is -0.444 e. The Labute approximate surface area is 236 Å². The summed E-state index contributed by atoms with van der Waals surface area (Å²) in [6, 6.07) is 0. The van der Waals surface area contributed by atoms with Gasteiger partial charge >= 0.3 is 18.3 Å². The first-order valence-corrected chi connectivity index (χ1v) is 14.2. The van der Waals surface area contributed by atoms with E-state index in [0.29, 0.717) is 58.4 Å². The molecule has 0 aromatic carbocycles. The Hall–Kier alpha value is -2.52. The van der Waals surface area contributed by atoms with Crippen LogP contribution in [0, 0.1) is 0 Å². The second-order valence-corrected chi connectivity index (χ2v) is 12.9. The van der Waals surface area contributed by atoms with E-state index in [1.54, 1.807) is 37.5 Å². The van der Waals surface area contributed by atoms with Crippen molar-refractivity contribution in [3.05, 3.63) is 0 Å². The number of carbonyl (C=O) groups excluding carboxylic acids is 4. The van der Waals surface area contributed by atoms with Crippen LogP contribution in [0.5, 0.6) is 0 Å². The molecule has 3 amide bonds. The first-order valence-electron chi connectivity index (χ1n) is 14.2. The molecular weight excluding hydrogens is 502 g/mol. The van der Waals surface area contributed by atoms with Crippen LogP contribution in [0.25, 0.3) is 0 Å². The molecule has 0 fully saturated rings. The second kappa shape index (κ2) is 17.2. The maximum atomic E-state index is 12.8. The summed E-state index contributed by atoms with van der Waals surface area (Å²) >= 11 is 0. The van der Waals surface area contributed by atoms with Crippen molar-refractivity contribution in [3.63, 3.8) is 0 Å². The minimum atomic E-state index is -0.625. The predicted molar refractivity (Wildman–Crippen MR) is 153 cm³/mol. The van der Waals surface area contributed by atoms with Crippen LogP contribution in [0.2, 0.25) is 0 Å². The van der Waals surface area contributed by atoms with E-state index in [1.807, 2.05) is 41.5 Å². The molecule has 0 saturated heterocycles. The summed E-state index contributed by atoms with van der Waals surface area (Å²) in [6.07, 6.45) is 3.66. The molecule has 0 aliphatic carbocycles. The smallest absolute Gasteiger partial charge is 0.410 e. The maximum Gasteiger partial charge on any atom is 0.410 e. The zero-order chi connectivity index (χ0) is 30.3. The summed E-state index contributed by atoms with van der Waals surface area (Å²) in [5, 5.41) is 2.71. The van der Waals surface area contributed by atoms with E-state index in [1.165, 1.54) is 0 Å². The third-order valence-electron chi connectivity index (χ3n) is 5.14. The molecule has 0 rings (SSSR count). The van der Waals surface area contributed by atoms with Gasteiger partial charge in [0.25, 0.3) is 0 Å². The number of hydrogen-bond donors (Lipinski definition) is 1. The highest BCUT2D eigenvalue weighted by molar-refractivity contribution is 5.75. The SMILES string of the molecule is CC(=O)CCCCCN(CCCCN(CCCNC(=O)OC(C)(C)C)C(=O)OC(C)(C)C)C(=O)OC(C)(C)C. The lowest BCUT2D eigenvalue weighted by Gasteiger charge is -2.29. The van der Waals surface area contributed by atoms with E-state index in [9.17, 15) is 19.2 Å². The van der Waals surface area contributed by atoms with Crippen molar-refractivity contribution in [2.45, 2.75) is 131 Å². The summed E-state index contributed by atoms with van der Waals surface area (Å²) in [5.74, 6) is 0.175. The van der Waals surface area contributed by atoms with Gasteiger partial charge in [-0.2, -0.15) is 0 Å². The number of ketones is 1. The quantitative estimate of drug-likeness (QED) is 0.185. The molecule has 10 heteroatoms. The van der Waals surface area contributed by atoms with E-state index < -0.39 is 29.0 Å². The highest BCUT2D eigenvalue weighted by Crippen LogP contribution is 2.14. The number of nitrogens with one attached hydrogen (secondary N) is 1. The Morgan fingerprint density at radius 3 is 1.33 bits per heavy atom. The van der Waals surface area contributed by atoms with E-state index in [4.69, 9.17) is 14.2 Å². The summed E-state index contributed by atoms with van der Waals surface area (Å²) in [7, 11) is 0. The van der Waals surface area contributed by atoms with Gasteiger partial charge in [-0.1, -0.05) is 6.42 Å². The molecule has 228 valence electrons. The van der Waals surface area contributed by atoms with E-state index in [-0.39, 0.29) is 11.9 Å². The van der Waals surface area contributed by atoms with Gasteiger partial charge in [0.15, 0.2) is 0 Å². The van der Waals surface area contributed by atoms with Crippen LogP contribution < -0.4 is 5.32 Å². The third kappa shape index (κ3) is 22.0. The number of hydrogen-bond acceptors (Lipinski definition) is 7. The lowest BCUT2D eigenvalue weighted by Crippen LogP contribution is -2.40. The van der Waals surface area contributed by atoms with Gasteiger partial charge in [0, 0.05) is 39.1 Å². The Morgan fingerprint density at radius 2 is 0.949 bits per heavy atom. The molecule has 39 heavy (non-hydrogen) atoms. The molecule has 10 nitrogen and oxygen atoms in total. The molecule has 1 N–H and O–H groups in total. The monoisotopic (exact) mass is 557 g/mol. The van der Waals surface area contributed by atoms with Gasteiger partial charge in [-0.3, -0.25) is 0 Å². The van der Waals surface area contributed by atoms with Crippen LogP contribution in [-0.2, 0) is 19.0 Å². The van der Waals surface area contributed by atoms with Crippen molar-refractivity contribution in [1.82, 2.24) is 15.1 Å². The number of ether oxygens (including phenoxy) is 3. The molecule has 0 heterocycles. The van der Waals surface area contributed by atoms with Crippen LogP contribution >= 0.6 is 0 Å². The van der Waals surface area contributed by atoms with Gasteiger partial charge < -0.3 is 34.1 Å². The number of alkyl carbamates (subject to hydrolysis) is 1. The highest BCUT2D eigenvalue weighted by atomic mass is 16.6.